The molecule has 29 heavy (non-hydrogen) atoms. The van der Waals surface area contributed by atoms with Gasteiger partial charge < -0.3 is 10.6 Å². The molecule has 6 nitrogen and oxygen atoms in total. The molecule has 0 fully saturated rings. The Morgan fingerprint density at radius 1 is 1.10 bits per heavy atom. The molecule has 6 heteroatoms. The van der Waals surface area contributed by atoms with E-state index in [1.165, 1.54) is 0 Å². The first-order chi connectivity index (χ1) is 14.2. The second-order valence-corrected chi connectivity index (χ2v) is 7.36. The number of carbonyl (C=O) groups is 1. The van der Waals surface area contributed by atoms with E-state index in [4.69, 9.17) is 0 Å². The number of aromatic amines is 1. The minimum atomic E-state index is -0.223. The van der Waals surface area contributed by atoms with Crippen molar-refractivity contribution in [3.8, 4) is 0 Å². The van der Waals surface area contributed by atoms with Gasteiger partial charge in [-0.05, 0) is 42.5 Å². The summed E-state index contributed by atoms with van der Waals surface area (Å²) in [5.41, 5.74) is 3.61. The maximum absolute atomic E-state index is 13.0. The molecule has 3 N–H and O–H groups in total. The van der Waals surface area contributed by atoms with Gasteiger partial charge in [0.2, 0.25) is 5.91 Å². The fourth-order valence-corrected chi connectivity index (χ4v) is 3.77. The summed E-state index contributed by atoms with van der Waals surface area (Å²) < 4.78 is 0. The van der Waals surface area contributed by atoms with Crippen LogP contribution in [-0.4, -0.2) is 22.6 Å². The number of nitrogens with zero attached hydrogens (tertiary/aromatic N) is 1. The number of para-hydroxylation sites is 1. The minimum Gasteiger partial charge on any atom is -0.383 e. The lowest BCUT2D eigenvalue weighted by Crippen LogP contribution is -2.39. The highest BCUT2D eigenvalue weighted by Crippen LogP contribution is 2.24. The van der Waals surface area contributed by atoms with Crippen LogP contribution in [0.1, 0.15) is 29.3 Å². The lowest BCUT2D eigenvalue weighted by molar-refractivity contribution is -0.126. The van der Waals surface area contributed by atoms with Crippen molar-refractivity contribution in [3.05, 3.63) is 93.9 Å². The van der Waals surface area contributed by atoms with Crippen molar-refractivity contribution in [1.29, 1.82) is 0 Å². The van der Waals surface area contributed by atoms with E-state index in [0.29, 0.717) is 19.4 Å². The molecule has 0 bridgehead atoms. The number of hydrogen-bond acceptors (Lipinski definition) is 4. The maximum atomic E-state index is 13.0. The van der Waals surface area contributed by atoms with Gasteiger partial charge in [0.05, 0.1) is 11.7 Å². The Balaban J connectivity index is 1.47. The number of H-pyrrole nitrogens is 1. The van der Waals surface area contributed by atoms with Gasteiger partial charge in [0.1, 0.15) is 0 Å². The highest BCUT2D eigenvalue weighted by Gasteiger charge is 2.27. The zero-order valence-electron chi connectivity index (χ0n) is 16.1. The molecule has 1 amide bonds. The van der Waals surface area contributed by atoms with Crippen LogP contribution in [0.3, 0.4) is 0 Å². The van der Waals surface area contributed by atoms with Gasteiger partial charge in [0, 0.05) is 24.2 Å². The van der Waals surface area contributed by atoms with Gasteiger partial charge in [-0.2, -0.15) is 5.10 Å². The fraction of sp³-hybridized carbons (Fsp3) is 0.261. The van der Waals surface area contributed by atoms with Crippen LogP contribution in [0.4, 0.5) is 5.69 Å². The molecule has 3 aromatic rings. The molecule has 0 saturated heterocycles. The van der Waals surface area contributed by atoms with Gasteiger partial charge in [0.25, 0.3) is 5.56 Å². The molecule has 0 radical (unpaired) electrons. The number of fused-ring (bicyclic) bond motifs is 1. The van der Waals surface area contributed by atoms with Gasteiger partial charge >= 0.3 is 0 Å². The van der Waals surface area contributed by atoms with Crippen LogP contribution in [0.25, 0.3) is 0 Å². The average molecular weight is 388 g/mol. The van der Waals surface area contributed by atoms with Crippen molar-refractivity contribution in [2.24, 2.45) is 5.92 Å². The smallest absolute Gasteiger partial charge is 0.264 e. The minimum absolute atomic E-state index is 0.0136. The predicted octanol–water partition coefficient (Wildman–Crippen LogP) is 2.84. The molecular formula is C23H24N4O2. The van der Waals surface area contributed by atoms with E-state index in [1.807, 2.05) is 60.7 Å². The van der Waals surface area contributed by atoms with E-state index in [-0.39, 0.29) is 23.4 Å². The second kappa shape index (κ2) is 8.73. The molecule has 0 aliphatic heterocycles. The number of carbonyl (C=O) groups excluding carboxylic acids is 1. The van der Waals surface area contributed by atoms with Gasteiger partial charge in [0.15, 0.2) is 0 Å². The van der Waals surface area contributed by atoms with E-state index < -0.39 is 0 Å². The summed E-state index contributed by atoms with van der Waals surface area (Å²) in [5.74, 6) is -0.145. The van der Waals surface area contributed by atoms with Crippen LogP contribution < -0.4 is 16.2 Å². The summed E-state index contributed by atoms with van der Waals surface area (Å²) >= 11 is 0. The zero-order valence-corrected chi connectivity index (χ0v) is 16.1. The summed E-state index contributed by atoms with van der Waals surface area (Å²) in [6.07, 6.45) is 1.97. The van der Waals surface area contributed by atoms with E-state index in [9.17, 15) is 9.59 Å². The Bertz CT molecular complexity index is 1020. The third-order valence-corrected chi connectivity index (χ3v) is 5.35. The van der Waals surface area contributed by atoms with Crippen LogP contribution in [0, 0.1) is 5.92 Å². The SMILES string of the molecule is O=C(NC(CNc1ccccc1)c1ccccc1)C1CCc2n[nH]c(=O)cc2C1. The third-order valence-electron chi connectivity index (χ3n) is 5.35. The molecule has 148 valence electrons. The predicted molar refractivity (Wildman–Crippen MR) is 113 cm³/mol. The first kappa shape index (κ1) is 18.9. The number of nitrogens with one attached hydrogen (secondary N) is 3. The van der Waals surface area contributed by atoms with Crippen molar-refractivity contribution < 1.29 is 4.79 Å². The van der Waals surface area contributed by atoms with E-state index in [0.717, 1.165) is 28.9 Å². The molecule has 2 atom stereocenters. The average Bonchev–Trinajstić information content (AvgIpc) is 2.77. The van der Waals surface area contributed by atoms with Crippen molar-refractivity contribution in [3.63, 3.8) is 0 Å². The Morgan fingerprint density at radius 2 is 1.83 bits per heavy atom. The molecular weight excluding hydrogens is 364 g/mol. The Kier molecular flexibility index (Phi) is 5.70. The van der Waals surface area contributed by atoms with Gasteiger partial charge in [-0.25, -0.2) is 5.10 Å². The van der Waals surface area contributed by atoms with Crippen LogP contribution in [0.5, 0.6) is 0 Å². The molecule has 0 spiro atoms. The lowest BCUT2D eigenvalue weighted by Gasteiger charge is -2.26. The van der Waals surface area contributed by atoms with Crippen LogP contribution in [0.2, 0.25) is 0 Å². The second-order valence-electron chi connectivity index (χ2n) is 7.36. The molecule has 1 aliphatic carbocycles. The first-order valence-corrected chi connectivity index (χ1v) is 9.91. The number of amides is 1. The fourth-order valence-electron chi connectivity index (χ4n) is 3.77. The van der Waals surface area contributed by atoms with Gasteiger partial charge in [-0.15, -0.1) is 0 Å². The number of aromatic nitrogens is 2. The molecule has 1 aliphatic rings. The molecule has 2 aromatic carbocycles. The summed E-state index contributed by atoms with van der Waals surface area (Å²) in [6.45, 7) is 0.588. The van der Waals surface area contributed by atoms with Gasteiger partial charge in [-0.3, -0.25) is 9.59 Å². The summed E-state index contributed by atoms with van der Waals surface area (Å²) in [7, 11) is 0. The standard InChI is InChI=1S/C23H24N4O2/c28-22-14-18-13-17(11-12-20(18)26-27-22)23(29)25-21(16-7-3-1-4-8-16)15-24-19-9-5-2-6-10-19/h1-10,14,17,21,24H,11-13,15H2,(H,25,29)(H,27,28). The summed E-state index contributed by atoms with van der Waals surface area (Å²) in [6, 6.07) is 21.3. The zero-order chi connectivity index (χ0) is 20.1. The first-order valence-electron chi connectivity index (χ1n) is 9.91. The van der Waals surface area contributed by atoms with E-state index >= 15 is 0 Å². The van der Waals surface area contributed by atoms with Gasteiger partial charge in [-0.1, -0.05) is 48.5 Å². The van der Waals surface area contributed by atoms with Crippen molar-refractivity contribution >= 4 is 11.6 Å². The summed E-state index contributed by atoms with van der Waals surface area (Å²) in [4.78, 5) is 24.6. The number of anilines is 1. The Hall–Kier alpha value is -3.41. The molecule has 1 aromatic heterocycles. The Morgan fingerprint density at radius 3 is 2.59 bits per heavy atom. The van der Waals surface area contributed by atoms with Crippen LogP contribution in [-0.2, 0) is 17.6 Å². The van der Waals surface area contributed by atoms with E-state index in [1.54, 1.807) is 6.07 Å². The molecule has 0 saturated carbocycles. The normalized spacial score (nSPS) is 16.5. The highest BCUT2D eigenvalue weighted by atomic mass is 16.2. The molecule has 1 heterocycles. The number of benzene rings is 2. The van der Waals surface area contributed by atoms with E-state index in [2.05, 4.69) is 20.8 Å². The van der Waals surface area contributed by atoms with Crippen molar-refractivity contribution in [1.82, 2.24) is 15.5 Å². The maximum Gasteiger partial charge on any atom is 0.264 e. The molecule has 2 unspecified atom stereocenters. The highest BCUT2D eigenvalue weighted by molar-refractivity contribution is 5.80. The van der Waals surface area contributed by atoms with Crippen molar-refractivity contribution in [2.75, 3.05) is 11.9 Å². The summed E-state index contributed by atoms with van der Waals surface area (Å²) in [5, 5.41) is 13.2. The Labute approximate surface area is 169 Å². The largest absolute Gasteiger partial charge is 0.383 e. The van der Waals surface area contributed by atoms with Crippen LogP contribution >= 0.6 is 0 Å². The number of aryl methyl sites for hydroxylation is 1. The quantitative estimate of drug-likeness (QED) is 0.606. The van der Waals surface area contributed by atoms with Crippen molar-refractivity contribution in [2.45, 2.75) is 25.3 Å². The lowest BCUT2D eigenvalue weighted by atomic mass is 9.86. The topological polar surface area (TPSA) is 86.9 Å². The monoisotopic (exact) mass is 388 g/mol. The number of hydrogen-bond donors (Lipinski definition) is 3. The molecule has 4 rings (SSSR count). The third kappa shape index (κ3) is 4.71. The number of rotatable bonds is 6. The van der Waals surface area contributed by atoms with Crippen LogP contribution in [0.15, 0.2) is 71.5 Å².